The first-order chi connectivity index (χ1) is 8.17. The van der Waals surface area contributed by atoms with Crippen molar-refractivity contribution in [1.82, 2.24) is 19.4 Å². The summed E-state index contributed by atoms with van der Waals surface area (Å²) >= 11 is 1.49. The van der Waals surface area contributed by atoms with Crippen LogP contribution < -0.4 is 0 Å². The predicted molar refractivity (Wildman–Crippen MR) is 63.9 cm³/mol. The van der Waals surface area contributed by atoms with Gasteiger partial charge in [0, 0.05) is 25.6 Å². The highest BCUT2D eigenvalue weighted by atomic mass is 32.2. The van der Waals surface area contributed by atoms with Crippen molar-refractivity contribution in [2.24, 2.45) is 0 Å². The third-order valence-corrected chi connectivity index (χ3v) is 2.99. The van der Waals surface area contributed by atoms with Crippen LogP contribution in [-0.4, -0.2) is 45.8 Å². The molecule has 2 rings (SSSR count). The molecule has 0 aliphatic heterocycles. The highest BCUT2D eigenvalue weighted by molar-refractivity contribution is 7.98. The van der Waals surface area contributed by atoms with Crippen LogP contribution in [0.25, 0.3) is 5.65 Å². The molecular formula is C10H12N4O2S. The van der Waals surface area contributed by atoms with E-state index in [-0.39, 0.29) is 5.91 Å². The van der Waals surface area contributed by atoms with Gasteiger partial charge in [0.1, 0.15) is 10.7 Å². The molecule has 2 aromatic rings. The van der Waals surface area contributed by atoms with Gasteiger partial charge in [-0.05, 0) is 6.26 Å². The number of nitrogens with zero attached hydrogens (tertiary/aromatic N) is 4. The Morgan fingerprint density at radius 1 is 1.59 bits per heavy atom. The van der Waals surface area contributed by atoms with E-state index in [1.807, 2.05) is 6.26 Å². The van der Waals surface area contributed by atoms with Crippen LogP contribution in [0.3, 0.4) is 0 Å². The van der Waals surface area contributed by atoms with Crippen molar-refractivity contribution in [3.63, 3.8) is 0 Å². The summed E-state index contributed by atoms with van der Waals surface area (Å²) in [6.07, 6.45) is 7.01. The summed E-state index contributed by atoms with van der Waals surface area (Å²) in [4.78, 5) is 25.1. The minimum Gasteiger partial charge on any atom is -0.302 e. The topological polar surface area (TPSA) is 59.7 Å². The van der Waals surface area contributed by atoms with E-state index >= 15 is 0 Å². The molecule has 0 aliphatic carbocycles. The van der Waals surface area contributed by atoms with Gasteiger partial charge in [-0.2, -0.15) is 0 Å². The van der Waals surface area contributed by atoms with Crippen LogP contribution in [0, 0.1) is 0 Å². The Labute approximate surface area is 103 Å². The molecule has 0 atom stereocenters. The molecule has 0 saturated heterocycles. The maximum Gasteiger partial charge on any atom is 0.297 e. The number of rotatable bonds is 3. The molecule has 6 nitrogen and oxygen atoms in total. The first-order valence-electron chi connectivity index (χ1n) is 4.87. The lowest BCUT2D eigenvalue weighted by molar-refractivity contribution is -0.0760. The number of fused-ring (bicyclic) bond motifs is 1. The minimum atomic E-state index is -0.289. The number of hydroxylamine groups is 2. The van der Waals surface area contributed by atoms with E-state index in [4.69, 9.17) is 4.84 Å². The number of aromatic nitrogens is 3. The second-order valence-electron chi connectivity index (χ2n) is 3.28. The van der Waals surface area contributed by atoms with Crippen molar-refractivity contribution in [3.8, 4) is 0 Å². The van der Waals surface area contributed by atoms with Crippen molar-refractivity contribution in [2.45, 2.75) is 5.03 Å². The summed E-state index contributed by atoms with van der Waals surface area (Å²) in [6, 6.07) is 0. The first kappa shape index (κ1) is 11.9. The number of hydrogen-bond acceptors (Lipinski definition) is 5. The van der Waals surface area contributed by atoms with Crippen molar-refractivity contribution < 1.29 is 9.63 Å². The normalized spacial score (nSPS) is 10.8. The molecule has 90 valence electrons. The largest absolute Gasteiger partial charge is 0.302 e. The Kier molecular flexibility index (Phi) is 3.30. The monoisotopic (exact) mass is 252 g/mol. The molecule has 7 heteroatoms. The van der Waals surface area contributed by atoms with Crippen molar-refractivity contribution in [2.75, 3.05) is 20.4 Å². The quantitative estimate of drug-likeness (QED) is 0.604. The molecule has 1 amide bonds. The van der Waals surface area contributed by atoms with E-state index in [0.29, 0.717) is 11.3 Å². The zero-order valence-corrected chi connectivity index (χ0v) is 10.6. The average Bonchev–Trinajstić information content (AvgIpc) is 2.80. The van der Waals surface area contributed by atoms with Crippen LogP contribution in [0.15, 0.2) is 23.6 Å². The second kappa shape index (κ2) is 4.72. The molecule has 0 spiro atoms. The Morgan fingerprint density at radius 2 is 2.35 bits per heavy atom. The summed E-state index contributed by atoms with van der Waals surface area (Å²) in [6.45, 7) is 0. The molecular weight excluding hydrogens is 240 g/mol. The number of hydrogen-bond donors (Lipinski definition) is 0. The summed E-state index contributed by atoms with van der Waals surface area (Å²) in [5.41, 5.74) is 1.01. The number of carbonyl (C=O) groups excluding carboxylic acids is 1. The molecule has 0 radical (unpaired) electrons. The van der Waals surface area contributed by atoms with Gasteiger partial charge in [-0.1, -0.05) is 0 Å². The fraction of sp³-hybridized carbons (Fsp3) is 0.300. The van der Waals surface area contributed by atoms with E-state index in [2.05, 4.69) is 9.97 Å². The molecule has 17 heavy (non-hydrogen) atoms. The van der Waals surface area contributed by atoms with Crippen LogP contribution in [-0.2, 0) is 4.84 Å². The lowest BCUT2D eigenvalue weighted by atomic mass is 10.4. The summed E-state index contributed by atoms with van der Waals surface area (Å²) in [7, 11) is 2.97. The zero-order valence-electron chi connectivity index (χ0n) is 9.75. The SMILES string of the molecule is CON(C)C(=O)c1cn2ccnc(SC)c2n1. The lowest BCUT2D eigenvalue weighted by Crippen LogP contribution is -2.25. The Morgan fingerprint density at radius 3 is 3.00 bits per heavy atom. The smallest absolute Gasteiger partial charge is 0.297 e. The van der Waals surface area contributed by atoms with Gasteiger partial charge >= 0.3 is 0 Å². The molecule has 0 aliphatic rings. The standard InChI is InChI=1S/C10H12N4O2S/c1-13(16-2)10(15)7-6-14-5-4-11-9(17-3)8(14)12-7/h4-6H,1-3H3. The van der Waals surface area contributed by atoms with E-state index in [9.17, 15) is 4.79 Å². The fourth-order valence-corrected chi connectivity index (χ4v) is 1.89. The van der Waals surface area contributed by atoms with Gasteiger partial charge in [0.05, 0.1) is 7.11 Å². The maximum absolute atomic E-state index is 11.8. The third-order valence-electron chi connectivity index (χ3n) is 2.31. The molecule has 2 heterocycles. The molecule has 0 fully saturated rings. The molecule has 0 unspecified atom stereocenters. The van der Waals surface area contributed by atoms with Crippen molar-refractivity contribution in [3.05, 3.63) is 24.3 Å². The molecule has 0 aromatic carbocycles. The molecule has 2 aromatic heterocycles. The van der Waals surface area contributed by atoms with Gasteiger partial charge < -0.3 is 4.40 Å². The van der Waals surface area contributed by atoms with E-state index < -0.39 is 0 Å². The fourth-order valence-electron chi connectivity index (χ4n) is 1.39. The highest BCUT2D eigenvalue weighted by Crippen LogP contribution is 2.18. The lowest BCUT2D eigenvalue weighted by Gasteiger charge is -2.10. The van der Waals surface area contributed by atoms with E-state index in [1.165, 1.54) is 18.9 Å². The van der Waals surface area contributed by atoms with Crippen LogP contribution in [0.1, 0.15) is 10.5 Å². The summed E-state index contributed by atoms with van der Waals surface area (Å²) in [5.74, 6) is -0.289. The predicted octanol–water partition coefficient (Wildman–Crippen LogP) is 1.08. The average molecular weight is 252 g/mol. The molecule has 0 saturated carbocycles. The van der Waals surface area contributed by atoms with Gasteiger partial charge in [-0.25, -0.2) is 15.0 Å². The molecule has 0 bridgehead atoms. The first-order valence-corrected chi connectivity index (χ1v) is 6.09. The van der Waals surface area contributed by atoms with Gasteiger partial charge in [-0.3, -0.25) is 9.63 Å². The van der Waals surface area contributed by atoms with E-state index in [1.54, 1.807) is 30.0 Å². The van der Waals surface area contributed by atoms with Crippen LogP contribution in [0.2, 0.25) is 0 Å². The van der Waals surface area contributed by atoms with Gasteiger partial charge in [0.2, 0.25) is 0 Å². The summed E-state index contributed by atoms with van der Waals surface area (Å²) < 4.78 is 1.77. The highest BCUT2D eigenvalue weighted by Gasteiger charge is 2.16. The minimum absolute atomic E-state index is 0.289. The van der Waals surface area contributed by atoms with Crippen molar-refractivity contribution >= 4 is 23.3 Å². The van der Waals surface area contributed by atoms with Gasteiger partial charge in [-0.15, -0.1) is 11.8 Å². The van der Waals surface area contributed by atoms with Crippen LogP contribution in [0.5, 0.6) is 0 Å². The second-order valence-corrected chi connectivity index (χ2v) is 4.07. The number of carbonyl (C=O) groups is 1. The number of thioether (sulfide) groups is 1. The number of imidazole rings is 1. The van der Waals surface area contributed by atoms with Crippen LogP contribution in [0.4, 0.5) is 0 Å². The van der Waals surface area contributed by atoms with Crippen LogP contribution >= 0.6 is 11.8 Å². The van der Waals surface area contributed by atoms with Gasteiger partial charge in [0.15, 0.2) is 5.65 Å². The molecule has 0 N–H and O–H groups in total. The summed E-state index contributed by atoms with van der Waals surface area (Å²) in [5, 5.41) is 1.92. The Balaban J connectivity index is 2.48. The maximum atomic E-state index is 11.8. The van der Waals surface area contributed by atoms with E-state index in [0.717, 1.165) is 10.1 Å². The Bertz CT molecular complexity index is 554. The third kappa shape index (κ3) is 2.11. The van der Waals surface area contributed by atoms with Crippen molar-refractivity contribution in [1.29, 1.82) is 0 Å². The number of amides is 1. The zero-order chi connectivity index (χ0) is 12.4. The Hall–Kier alpha value is -1.60. The van der Waals surface area contributed by atoms with Gasteiger partial charge in [0.25, 0.3) is 5.91 Å².